The first kappa shape index (κ1) is 18.1. The molecular formula is C25H24N2O. The maximum atomic E-state index is 6.01. The molecular weight excluding hydrogens is 344 g/mol. The summed E-state index contributed by atoms with van der Waals surface area (Å²) in [5.41, 5.74) is 5.81. The number of imidazole rings is 1. The van der Waals surface area contributed by atoms with Crippen molar-refractivity contribution in [2.24, 2.45) is 0 Å². The fraction of sp³-hybridized carbons (Fsp3) is 0.160. The molecule has 4 aromatic rings. The molecule has 0 aliphatic rings. The summed E-state index contributed by atoms with van der Waals surface area (Å²) < 4.78 is 8.23. The molecule has 1 heterocycles. The first-order valence-electron chi connectivity index (χ1n) is 9.59. The number of hydrogen-bond acceptors (Lipinski definition) is 2. The fourth-order valence-corrected chi connectivity index (χ4v) is 3.25. The molecule has 1 aromatic heterocycles. The second-order valence-corrected chi connectivity index (χ2v) is 6.95. The van der Waals surface area contributed by atoms with Gasteiger partial charge in [-0.05, 0) is 60.9 Å². The van der Waals surface area contributed by atoms with Gasteiger partial charge in [-0.1, -0.05) is 54.6 Å². The summed E-state index contributed by atoms with van der Waals surface area (Å²) in [4.78, 5) is 4.80. The lowest BCUT2D eigenvalue weighted by Gasteiger charge is -2.11. The number of hydrogen-bond donors (Lipinski definition) is 0. The summed E-state index contributed by atoms with van der Waals surface area (Å²) in [5.74, 6) is 1.85. The van der Waals surface area contributed by atoms with Gasteiger partial charge >= 0.3 is 0 Å². The van der Waals surface area contributed by atoms with Gasteiger partial charge in [-0.2, -0.15) is 0 Å². The maximum absolute atomic E-state index is 6.01. The van der Waals surface area contributed by atoms with Gasteiger partial charge in [0.05, 0.1) is 17.6 Å². The van der Waals surface area contributed by atoms with Crippen molar-refractivity contribution in [2.45, 2.75) is 20.4 Å². The van der Waals surface area contributed by atoms with Crippen LogP contribution in [0.4, 0.5) is 0 Å². The van der Waals surface area contributed by atoms with E-state index in [0.717, 1.165) is 34.7 Å². The molecule has 3 heteroatoms. The molecule has 0 saturated carbocycles. The minimum atomic E-state index is 0.592. The van der Waals surface area contributed by atoms with Crippen LogP contribution in [0, 0.1) is 13.8 Å². The van der Waals surface area contributed by atoms with Crippen LogP contribution < -0.4 is 4.74 Å². The molecule has 0 N–H and O–H groups in total. The van der Waals surface area contributed by atoms with E-state index in [4.69, 9.17) is 9.72 Å². The predicted octanol–water partition coefficient (Wildman–Crippen LogP) is 5.90. The number of aromatic nitrogens is 2. The quantitative estimate of drug-likeness (QED) is 0.423. The minimum Gasteiger partial charge on any atom is -0.492 e. The SMILES string of the molecule is Cc1ccc(OCCn2c(/C=C/c3ccccc3)nc3ccccc32)cc1C. The molecule has 0 spiro atoms. The zero-order chi connectivity index (χ0) is 19.3. The summed E-state index contributed by atoms with van der Waals surface area (Å²) in [5, 5.41) is 0. The van der Waals surface area contributed by atoms with E-state index >= 15 is 0 Å². The average molecular weight is 368 g/mol. The summed E-state index contributed by atoms with van der Waals surface area (Å²) in [7, 11) is 0. The Balaban J connectivity index is 1.56. The molecule has 140 valence electrons. The number of aryl methyl sites for hydroxylation is 2. The van der Waals surface area contributed by atoms with E-state index in [2.05, 4.69) is 73.0 Å². The van der Waals surface area contributed by atoms with Gasteiger partial charge in [0, 0.05) is 0 Å². The number of ether oxygens (including phenoxy) is 1. The lowest BCUT2D eigenvalue weighted by molar-refractivity contribution is 0.299. The second kappa shape index (κ2) is 8.13. The third-order valence-corrected chi connectivity index (χ3v) is 4.97. The summed E-state index contributed by atoms with van der Waals surface area (Å²) in [6.07, 6.45) is 4.17. The van der Waals surface area contributed by atoms with Gasteiger partial charge in [0.15, 0.2) is 0 Å². The second-order valence-electron chi connectivity index (χ2n) is 6.95. The Hall–Kier alpha value is -3.33. The highest BCUT2D eigenvalue weighted by Gasteiger charge is 2.08. The largest absolute Gasteiger partial charge is 0.492 e. The highest BCUT2D eigenvalue weighted by atomic mass is 16.5. The Morgan fingerprint density at radius 2 is 1.64 bits per heavy atom. The number of rotatable bonds is 6. The van der Waals surface area contributed by atoms with Crippen LogP contribution in [0.3, 0.4) is 0 Å². The maximum Gasteiger partial charge on any atom is 0.133 e. The molecule has 0 unspecified atom stereocenters. The summed E-state index contributed by atoms with van der Waals surface area (Å²) >= 11 is 0. The Bertz CT molecular complexity index is 1110. The van der Waals surface area contributed by atoms with Crippen molar-refractivity contribution in [3.63, 3.8) is 0 Å². The molecule has 3 nitrogen and oxygen atoms in total. The topological polar surface area (TPSA) is 27.1 Å². The van der Waals surface area contributed by atoms with Crippen LogP contribution in [0.1, 0.15) is 22.5 Å². The van der Waals surface area contributed by atoms with E-state index < -0.39 is 0 Å². The van der Waals surface area contributed by atoms with Crippen molar-refractivity contribution in [1.29, 1.82) is 0 Å². The van der Waals surface area contributed by atoms with E-state index in [0.29, 0.717) is 6.61 Å². The van der Waals surface area contributed by atoms with Gasteiger partial charge in [-0.15, -0.1) is 0 Å². The van der Waals surface area contributed by atoms with Crippen LogP contribution in [0.2, 0.25) is 0 Å². The van der Waals surface area contributed by atoms with E-state index in [-0.39, 0.29) is 0 Å². The van der Waals surface area contributed by atoms with Crippen LogP contribution >= 0.6 is 0 Å². The van der Waals surface area contributed by atoms with Gasteiger partial charge in [-0.25, -0.2) is 4.98 Å². The van der Waals surface area contributed by atoms with Gasteiger partial charge in [0.2, 0.25) is 0 Å². The zero-order valence-corrected chi connectivity index (χ0v) is 16.3. The smallest absolute Gasteiger partial charge is 0.133 e. The monoisotopic (exact) mass is 368 g/mol. The van der Waals surface area contributed by atoms with Crippen molar-refractivity contribution in [3.8, 4) is 5.75 Å². The standard InChI is InChI=1S/C25H24N2O/c1-19-12-14-22(18-20(19)2)28-17-16-27-24-11-7-6-10-23(24)26-25(27)15-13-21-8-4-3-5-9-21/h3-15,18H,16-17H2,1-2H3/b15-13+. The normalized spacial score (nSPS) is 11.4. The highest BCUT2D eigenvalue weighted by Crippen LogP contribution is 2.20. The van der Waals surface area contributed by atoms with Crippen LogP contribution in [0.25, 0.3) is 23.2 Å². The molecule has 28 heavy (non-hydrogen) atoms. The molecule has 0 atom stereocenters. The lowest BCUT2D eigenvalue weighted by Crippen LogP contribution is -2.09. The molecule has 4 rings (SSSR count). The average Bonchev–Trinajstić information content (AvgIpc) is 3.07. The van der Waals surface area contributed by atoms with Crippen LogP contribution in [-0.2, 0) is 6.54 Å². The Labute approximate surface area is 165 Å². The Morgan fingerprint density at radius 3 is 2.46 bits per heavy atom. The van der Waals surface area contributed by atoms with E-state index in [1.807, 2.05) is 30.3 Å². The molecule has 3 aromatic carbocycles. The Kier molecular flexibility index (Phi) is 5.24. The molecule has 0 aliphatic heterocycles. The third-order valence-electron chi connectivity index (χ3n) is 4.97. The van der Waals surface area contributed by atoms with Crippen molar-refractivity contribution in [2.75, 3.05) is 6.61 Å². The predicted molar refractivity (Wildman–Crippen MR) is 117 cm³/mol. The van der Waals surface area contributed by atoms with Gasteiger partial charge < -0.3 is 9.30 Å². The fourth-order valence-electron chi connectivity index (χ4n) is 3.25. The van der Waals surface area contributed by atoms with Gasteiger partial charge in [0.25, 0.3) is 0 Å². The van der Waals surface area contributed by atoms with E-state index in [9.17, 15) is 0 Å². The van der Waals surface area contributed by atoms with Crippen LogP contribution in [0.15, 0.2) is 72.8 Å². The highest BCUT2D eigenvalue weighted by molar-refractivity contribution is 5.79. The summed E-state index contributed by atoms with van der Waals surface area (Å²) in [6, 6.07) is 24.8. The molecule has 0 saturated heterocycles. The molecule has 0 bridgehead atoms. The van der Waals surface area contributed by atoms with Crippen molar-refractivity contribution in [3.05, 3.63) is 95.3 Å². The number of para-hydroxylation sites is 2. The molecule has 0 fully saturated rings. The van der Waals surface area contributed by atoms with Crippen LogP contribution in [-0.4, -0.2) is 16.2 Å². The summed E-state index contributed by atoms with van der Waals surface area (Å²) in [6.45, 7) is 5.55. The van der Waals surface area contributed by atoms with E-state index in [1.165, 1.54) is 11.1 Å². The first-order valence-corrected chi connectivity index (χ1v) is 9.59. The number of nitrogens with zero attached hydrogens (tertiary/aromatic N) is 2. The third kappa shape index (κ3) is 3.99. The van der Waals surface area contributed by atoms with Crippen molar-refractivity contribution in [1.82, 2.24) is 9.55 Å². The molecule has 0 aliphatic carbocycles. The van der Waals surface area contributed by atoms with Gasteiger partial charge in [-0.3, -0.25) is 0 Å². The molecule has 0 amide bonds. The number of benzene rings is 3. The minimum absolute atomic E-state index is 0.592. The molecule has 0 radical (unpaired) electrons. The van der Waals surface area contributed by atoms with Crippen molar-refractivity contribution >= 4 is 23.2 Å². The van der Waals surface area contributed by atoms with Crippen molar-refractivity contribution < 1.29 is 4.74 Å². The lowest BCUT2D eigenvalue weighted by atomic mass is 10.1. The first-order chi connectivity index (χ1) is 13.7. The zero-order valence-electron chi connectivity index (χ0n) is 16.3. The van der Waals surface area contributed by atoms with Crippen LogP contribution in [0.5, 0.6) is 5.75 Å². The number of fused-ring (bicyclic) bond motifs is 1. The van der Waals surface area contributed by atoms with Gasteiger partial charge in [0.1, 0.15) is 18.2 Å². The Morgan fingerprint density at radius 1 is 0.857 bits per heavy atom. The van der Waals surface area contributed by atoms with E-state index in [1.54, 1.807) is 0 Å².